The van der Waals surface area contributed by atoms with Crippen LogP contribution in [0.15, 0.2) is 18.2 Å². The number of ketones is 1. The summed E-state index contributed by atoms with van der Waals surface area (Å²) in [6.07, 6.45) is 0.670. The van der Waals surface area contributed by atoms with E-state index in [0.29, 0.717) is 40.3 Å². The molecule has 0 radical (unpaired) electrons. The van der Waals surface area contributed by atoms with Crippen LogP contribution in [-0.4, -0.2) is 29.1 Å². The van der Waals surface area contributed by atoms with Gasteiger partial charge >= 0.3 is 0 Å². The number of fused-ring (bicyclic) bond motifs is 1. The minimum Gasteiger partial charge on any atom is -0.495 e. The third kappa shape index (κ3) is 4.43. The zero-order chi connectivity index (χ0) is 20.3. The predicted molar refractivity (Wildman–Crippen MR) is 112 cm³/mol. The molecular weight excluding hydrogens is 421 g/mol. The molecule has 28 heavy (non-hydrogen) atoms. The fraction of sp³-hybridized carbons (Fsp3) is 0.263. The molecule has 9 heteroatoms. The normalized spacial score (nSPS) is 10.9. The van der Waals surface area contributed by atoms with Crippen molar-refractivity contribution < 1.29 is 14.3 Å². The number of aromatic nitrogens is 2. The third-order valence-corrected chi connectivity index (χ3v) is 5.98. The molecule has 0 aliphatic heterocycles. The van der Waals surface area contributed by atoms with Gasteiger partial charge in [0.1, 0.15) is 22.2 Å². The topological polar surface area (TPSA) is 81.2 Å². The van der Waals surface area contributed by atoms with Crippen molar-refractivity contribution in [3.8, 4) is 5.75 Å². The summed E-state index contributed by atoms with van der Waals surface area (Å²) in [4.78, 5) is 32.5. The van der Waals surface area contributed by atoms with Crippen LogP contribution in [0, 0.1) is 6.92 Å². The molecule has 0 atom stereocenters. The molecule has 1 aromatic carbocycles. The summed E-state index contributed by atoms with van der Waals surface area (Å²) in [6.45, 7) is 2.38. The van der Waals surface area contributed by atoms with E-state index in [2.05, 4.69) is 15.3 Å². The van der Waals surface area contributed by atoms with Gasteiger partial charge in [-0.05, 0) is 24.6 Å². The number of halogens is 2. The average molecular weight is 438 g/mol. The van der Waals surface area contributed by atoms with Gasteiger partial charge < -0.3 is 10.1 Å². The van der Waals surface area contributed by atoms with E-state index < -0.39 is 5.78 Å². The molecule has 0 fully saturated rings. The first-order valence-electron chi connectivity index (χ1n) is 8.42. The lowest BCUT2D eigenvalue weighted by Gasteiger charge is -2.10. The van der Waals surface area contributed by atoms with Crippen LogP contribution in [0.2, 0.25) is 10.0 Å². The highest BCUT2D eigenvalue weighted by molar-refractivity contribution is 7.19. The standard InChI is InChI=1S/C19H17Cl2N3O3S/c1-10-17(21)16-18(22-8-11-3-5-14(27-2)13(20)7-11)23-15(24-19(16)28-10)6-4-12(26)9-25/h3,5,7,9H,4,6,8H2,1-2H3,(H,22,23,24). The molecule has 0 unspecified atom stereocenters. The summed E-state index contributed by atoms with van der Waals surface area (Å²) < 4.78 is 5.17. The Hall–Kier alpha value is -2.22. The number of thiophene rings is 1. The van der Waals surface area contributed by atoms with E-state index in [1.807, 2.05) is 19.1 Å². The first-order chi connectivity index (χ1) is 13.4. The number of hydrogen-bond acceptors (Lipinski definition) is 7. The van der Waals surface area contributed by atoms with E-state index in [1.165, 1.54) is 11.3 Å². The predicted octanol–water partition coefficient (Wildman–Crippen LogP) is 4.63. The second-order valence-electron chi connectivity index (χ2n) is 6.05. The Morgan fingerprint density at radius 2 is 2.11 bits per heavy atom. The number of anilines is 1. The largest absolute Gasteiger partial charge is 0.495 e. The lowest BCUT2D eigenvalue weighted by molar-refractivity contribution is -0.129. The van der Waals surface area contributed by atoms with Crippen molar-refractivity contribution in [2.75, 3.05) is 12.4 Å². The van der Waals surface area contributed by atoms with Crippen LogP contribution in [0.5, 0.6) is 5.75 Å². The van der Waals surface area contributed by atoms with Crippen molar-refractivity contribution in [1.82, 2.24) is 9.97 Å². The number of Topliss-reactive ketones (excluding diaryl/α,β-unsaturated/α-hetero) is 1. The molecule has 146 valence electrons. The highest BCUT2D eigenvalue weighted by Crippen LogP contribution is 2.37. The fourth-order valence-corrected chi connectivity index (χ4v) is 4.23. The zero-order valence-corrected chi connectivity index (χ0v) is 17.5. The highest BCUT2D eigenvalue weighted by atomic mass is 35.5. The summed E-state index contributed by atoms with van der Waals surface area (Å²) >= 11 is 14.1. The molecule has 0 saturated heterocycles. The molecule has 3 rings (SSSR count). The van der Waals surface area contributed by atoms with Crippen LogP contribution in [0.25, 0.3) is 10.2 Å². The summed E-state index contributed by atoms with van der Waals surface area (Å²) in [7, 11) is 1.56. The number of ether oxygens (including phenoxy) is 1. The molecule has 0 aliphatic rings. The van der Waals surface area contributed by atoms with Crippen LogP contribution in [0.4, 0.5) is 5.82 Å². The number of benzene rings is 1. The van der Waals surface area contributed by atoms with Crippen LogP contribution in [0.1, 0.15) is 22.7 Å². The molecule has 0 amide bonds. The van der Waals surface area contributed by atoms with Gasteiger partial charge in [0.25, 0.3) is 0 Å². The van der Waals surface area contributed by atoms with E-state index >= 15 is 0 Å². The maximum atomic E-state index is 11.3. The monoisotopic (exact) mass is 437 g/mol. The molecule has 3 aromatic rings. The van der Waals surface area contributed by atoms with E-state index in [1.54, 1.807) is 13.2 Å². The number of methoxy groups -OCH3 is 1. The van der Waals surface area contributed by atoms with Crippen LogP contribution < -0.4 is 10.1 Å². The Morgan fingerprint density at radius 3 is 2.79 bits per heavy atom. The molecule has 1 N–H and O–H groups in total. The highest BCUT2D eigenvalue weighted by Gasteiger charge is 2.16. The first-order valence-corrected chi connectivity index (χ1v) is 10.00. The number of carbonyl (C=O) groups excluding carboxylic acids is 2. The van der Waals surface area contributed by atoms with Gasteiger partial charge in [-0.25, -0.2) is 9.97 Å². The maximum absolute atomic E-state index is 11.3. The van der Waals surface area contributed by atoms with Crippen molar-refractivity contribution in [1.29, 1.82) is 0 Å². The van der Waals surface area contributed by atoms with Crippen LogP contribution in [0.3, 0.4) is 0 Å². The molecule has 0 spiro atoms. The third-order valence-electron chi connectivity index (χ3n) is 4.10. The Kier molecular flexibility index (Phi) is 6.49. The molecule has 2 heterocycles. The summed E-state index contributed by atoms with van der Waals surface area (Å²) in [5.74, 6) is 1.19. The van der Waals surface area contributed by atoms with E-state index in [0.717, 1.165) is 20.7 Å². The Balaban J connectivity index is 1.90. The molecular formula is C19H17Cl2N3O3S. The molecule has 6 nitrogen and oxygen atoms in total. The number of nitrogens with zero attached hydrogens (tertiary/aromatic N) is 2. The Bertz CT molecular complexity index is 1050. The minimum absolute atomic E-state index is 0.0701. The number of rotatable bonds is 8. The maximum Gasteiger partial charge on any atom is 0.195 e. The molecule has 0 bridgehead atoms. The van der Waals surface area contributed by atoms with E-state index in [4.69, 9.17) is 27.9 Å². The number of aryl methyl sites for hydroxylation is 2. The van der Waals surface area contributed by atoms with Crippen molar-refractivity contribution in [3.05, 3.63) is 44.5 Å². The Morgan fingerprint density at radius 1 is 1.32 bits per heavy atom. The fourth-order valence-electron chi connectivity index (χ4n) is 2.66. The van der Waals surface area contributed by atoms with E-state index in [-0.39, 0.29) is 12.8 Å². The second kappa shape index (κ2) is 8.86. The number of aldehydes is 1. The molecule has 2 aromatic heterocycles. The molecule has 0 saturated carbocycles. The second-order valence-corrected chi connectivity index (χ2v) is 8.04. The first kappa shape index (κ1) is 20.5. The summed E-state index contributed by atoms with van der Waals surface area (Å²) in [5.41, 5.74) is 0.943. The van der Waals surface area contributed by atoms with Crippen LogP contribution in [-0.2, 0) is 22.6 Å². The van der Waals surface area contributed by atoms with Gasteiger partial charge in [-0.1, -0.05) is 29.3 Å². The molecule has 0 aliphatic carbocycles. The lowest BCUT2D eigenvalue weighted by atomic mass is 10.2. The van der Waals surface area contributed by atoms with Gasteiger partial charge in [0.05, 0.1) is 22.5 Å². The smallest absolute Gasteiger partial charge is 0.195 e. The van der Waals surface area contributed by atoms with Gasteiger partial charge in [0, 0.05) is 24.3 Å². The van der Waals surface area contributed by atoms with Gasteiger partial charge in [-0.3, -0.25) is 9.59 Å². The van der Waals surface area contributed by atoms with Gasteiger partial charge in [0.2, 0.25) is 0 Å². The Labute approximate surface area is 175 Å². The lowest BCUT2D eigenvalue weighted by Crippen LogP contribution is -2.07. The number of carbonyl (C=O) groups is 2. The SMILES string of the molecule is COc1ccc(CNc2nc(CCC(=O)C=O)nc3sc(C)c(Cl)c23)cc1Cl. The minimum atomic E-state index is -0.480. The van der Waals surface area contributed by atoms with Gasteiger partial charge in [-0.15, -0.1) is 11.3 Å². The number of hydrogen-bond donors (Lipinski definition) is 1. The van der Waals surface area contributed by atoms with E-state index in [9.17, 15) is 9.59 Å². The average Bonchev–Trinajstić information content (AvgIpc) is 2.98. The summed E-state index contributed by atoms with van der Waals surface area (Å²) in [6, 6.07) is 5.52. The van der Waals surface area contributed by atoms with Crippen molar-refractivity contribution in [2.24, 2.45) is 0 Å². The van der Waals surface area contributed by atoms with Gasteiger partial charge in [-0.2, -0.15) is 0 Å². The van der Waals surface area contributed by atoms with Crippen molar-refractivity contribution in [2.45, 2.75) is 26.3 Å². The van der Waals surface area contributed by atoms with Gasteiger partial charge in [0.15, 0.2) is 12.1 Å². The quantitative estimate of drug-likeness (QED) is 0.408. The summed E-state index contributed by atoms with van der Waals surface area (Å²) in [5, 5.41) is 5.15. The van der Waals surface area contributed by atoms with Crippen molar-refractivity contribution >= 4 is 62.6 Å². The zero-order valence-electron chi connectivity index (χ0n) is 15.2. The number of nitrogens with one attached hydrogen (secondary N) is 1. The van der Waals surface area contributed by atoms with Crippen LogP contribution >= 0.6 is 34.5 Å². The van der Waals surface area contributed by atoms with Crippen molar-refractivity contribution in [3.63, 3.8) is 0 Å².